The first kappa shape index (κ1) is 12.4. The molecule has 1 rings (SSSR count). The Hall–Kier alpha value is -1.72. The molecule has 6 nitrogen and oxygen atoms in total. The molecule has 0 aliphatic carbocycles. The summed E-state index contributed by atoms with van der Waals surface area (Å²) in [6.07, 6.45) is 2.01. The highest BCUT2D eigenvalue weighted by Crippen LogP contribution is 2.04. The molecule has 0 spiro atoms. The Kier molecular flexibility index (Phi) is 3.76. The van der Waals surface area contributed by atoms with Crippen molar-refractivity contribution in [3.05, 3.63) is 26.4 Å². The van der Waals surface area contributed by atoms with Crippen molar-refractivity contribution in [2.24, 2.45) is 0 Å². The highest BCUT2D eigenvalue weighted by molar-refractivity contribution is 5.38. The maximum absolute atomic E-state index is 12.0. The van der Waals surface area contributed by atoms with Gasteiger partial charge >= 0.3 is 5.69 Å². The van der Waals surface area contributed by atoms with Crippen molar-refractivity contribution in [1.82, 2.24) is 9.24 Å². The molecule has 0 amide bonds. The molecule has 90 valence electrons. The third-order valence-electron chi connectivity index (χ3n) is 2.46. The summed E-state index contributed by atoms with van der Waals surface area (Å²) in [5, 5.41) is 0. The van der Waals surface area contributed by atoms with E-state index >= 15 is 0 Å². The molecular weight excluding hydrogens is 208 g/mol. The predicted octanol–water partition coefficient (Wildman–Crippen LogP) is -0.331. The van der Waals surface area contributed by atoms with E-state index in [0.29, 0.717) is 24.9 Å². The fourth-order valence-corrected chi connectivity index (χ4v) is 1.64. The molecule has 0 aliphatic rings. The van der Waals surface area contributed by atoms with Crippen molar-refractivity contribution in [2.45, 2.75) is 39.7 Å². The molecule has 0 aromatic carbocycles. The van der Waals surface area contributed by atoms with Crippen molar-refractivity contribution in [3.8, 4) is 0 Å². The van der Waals surface area contributed by atoms with Gasteiger partial charge in [0.2, 0.25) is 0 Å². The zero-order chi connectivity index (χ0) is 12.3. The summed E-state index contributed by atoms with van der Waals surface area (Å²) in [6, 6.07) is 0. The summed E-state index contributed by atoms with van der Waals surface area (Å²) in [4.78, 5) is 23.6. The first-order chi connectivity index (χ1) is 7.54. The third kappa shape index (κ3) is 1.95. The molecule has 0 radical (unpaired) electrons. The molecule has 0 bridgehead atoms. The van der Waals surface area contributed by atoms with Crippen LogP contribution in [-0.2, 0) is 13.0 Å². The Morgan fingerprint density at radius 1 is 1.19 bits per heavy atom. The van der Waals surface area contributed by atoms with E-state index in [1.54, 1.807) is 0 Å². The maximum Gasteiger partial charge on any atom is 0.351 e. The molecule has 0 unspecified atom stereocenters. The summed E-state index contributed by atoms with van der Waals surface area (Å²) in [6.45, 7) is 4.20. The molecule has 0 saturated carbocycles. The van der Waals surface area contributed by atoms with E-state index < -0.39 is 5.69 Å². The second kappa shape index (κ2) is 4.87. The van der Waals surface area contributed by atoms with Gasteiger partial charge in [-0.25, -0.2) is 4.79 Å². The predicted molar refractivity (Wildman–Crippen MR) is 63.8 cm³/mol. The first-order valence-electron chi connectivity index (χ1n) is 5.43. The summed E-state index contributed by atoms with van der Waals surface area (Å²) < 4.78 is 1.99. The lowest BCUT2D eigenvalue weighted by molar-refractivity contribution is 0.584. The summed E-state index contributed by atoms with van der Waals surface area (Å²) >= 11 is 0. The Labute approximate surface area is 93.5 Å². The van der Waals surface area contributed by atoms with Gasteiger partial charge in [-0.2, -0.15) is 4.68 Å². The van der Waals surface area contributed by atoms with Gasteiger partial charge in [-0.1, -0.05) is 20.3 Å². The number of hydrogen-bond acceptors (Lipinski definition) is 4. The Morgan fingerprint density at radius 3 is 2.31 bits per heavy atom. The van der Waals surface area contributed by atoms with Crippen LogP contribution < -0.4 is 22.8 Å². The van der Waals surface area contributed by atoms with Gasteiger partial charge in [-0.05, 0) is 12.8 Å². The van der Waals surface area contributed by atoms with E-state index in [-0.39, 0.29) is 11.4 Å². The molecule has 0 aliphatic heterocycles. The van der Waals surface area contributed by atoms with Gasteiger partial charge < -0.3 is 11.6 Å². The van der Waals surface area contributed by atoms with Crippen LogP contribution in [0.25, 0.3) is 0 Å². The molecule has 4 N–H and O–H groups in total. The number of aromatic nitrogens is 2. The van der Waals surface area contributed by atoms with Gasteiger partial charge in [0, 0.05) is 6.54 Å². The molecule has 6 heteroatoms. The average Bonchev–Trinajstić information content (AvgIpc) is 2.28. The van der Waals surface area contributed by atoms with Crippen molar-refractivity contribution >= 4 is 5.82 Å². The second-order valence-electron chi connectivity index (χ2n) is 3.72. The Morgan fingerprint density at radius 2 is 1.81 bits per heavy atom. The van der Waals surface area contributed by atoms with Crippen LogP contribution in [0.3, 0.4) is 0 Å². The first-order valence-corrected chi connectivity index (χ1v) is 5.43. The highest BCUT2D eigenvalue weighted by Gasteiger charge is 2.14. The molecule has 16 heavy (non-hydrogen) atoms. The normalized spacial score (nSPS) is 10.6. The van der Waals surface area contributed by atoms with Crippen LogP contribution in [-0.4, -0.2) is 9.24 Å². The molecule has 1 heterocycles. The van der Waals surface area contributed by atoms with Crippen LogP contribution in [0.5, 0.6) is 0 Å². The van der Waals surface area contributed by atoms with Gasteiger partial charge in [-0.3, -0.25) is 9.36 Å². The number of nitrogen functional groups attached to an aromatic ring is 2. The number of anilines is 1. The highest BCUT2D eigenvalue weighted by atomic mass is 16.2. The lowest BCUT2D eigenvalue weighted by Crippen LogP contribution is -2.45. The van der Waals surface area contributed by atoms with Crippen molar-refractivity contribution < 1.29 is 0 Å². The van der Waals surface area contributed by atoms with Crippen LogP contribution in [0.15, 0.2) is 9.59 Å². The zero-order valence-electron chi connectivity index (χ0n) is 9.69. The van der Waals surface area contributed by atoms with Crippen molar-refractivity contribution in [2.75, 3.05) is 11.6 Å². The fourth-order valence-electron chi connectivity index (χ4n) is 1.64. The van der Waals surface area contributed by atoms with Gasteiger partial charge in [0.25, 0.3) is 5.56 Å². The summed E-state index contributed by atoms with van der Waals surface area (Å²) in [5.41, 5.74) is 5.22. The van der Waals surface area contributed by atoms with Crippen LogP contribution in [0.2, 0.25) is 0 Å². The molecule has 1 aromatic heterocycles. The van der Waals surface area contributed by atoms with Crippen LogP contribution in [0.4, 0.5) is 5.82 Å². The number of rotatable bonds is 4. The molecular formula is C10H18N4O2. The van der Waals surface area contributed by atoms with Crippen LogP contribution in [0.1, 0.15) is 32.3 Å². The van der Waals surface area contributed by atoms with E-state index in [0.717, 1.165) is 15.7 Å². The number of hydrogen-bond donors (Lipinski definition) is 2. The smallest absolute Gasteiger partial charge is 0.351 e. The molecule has 0 fully saturated rings. The average molecular weight is 226 g/mol. The monoisotopic (exact) mass is 226 g/mol. The van der Waals surface area contributed by atoms with Crippen LogP contribution >= 0.6 is 0 Å². The minimum absolute atomic E-state index is 0.0733. The lowest BCUT2D eigenvalue weighted by Gasteiger charge is -2.12. The number of nitrogens with two attached hydrogens (primary N) is 2. The fraction of sp³-hybridized carbons (Fsp3) is 0.600. The third-order valence-corrected chi connectivity index (χ3v) is 2.46. The van der Waals surface area contributed by atoms with Gasteiger partial charge in [0.15, 0.2) is 0 Å². The van der Waals surface area contributed by atoms with E-state index in [4.69, 9.17) is 11.6 Å². The molecule has 0 saturated heterocycles. The quantitative estimate of drug-likeness (QED) is 0.687. The SMILES string of the molecule is CCCc1c(N)n(N)c(=O)n(CCC)c1=O. The minimum Gasteiger partial charge on any atom is -0.383 e. The lowest BCUT2D eigenvalue weighted by atomic mass is 10.2. The van der Waals surface area contributed by atoms with E-state index in [9.17, 15) is 9.59 Å². The van der Waals surface area contributed by atoms with Crippen molar-refractivity contribution in [3.63, 3.8) is 0 Å². The topological polar surface area (TPSA) is 96.0 Å². The second-order valence-corrected chi connectivity index (χ2v) is 3.72. The Bertz CT molecular complexity index is 487. The number of nitrogens with zero attached hydrogens (tertiary/aromatic N) is 2. The summed E-state index contributed by atoms with van der Waals surface area (Å²) in [5.74, 6) is 5.61. The Balaban J connectivity index is 3.53. The van der Waals surface area contributed by atoms with E-state index in [2.05, 4.69) is 0 Å². The van der Waals surface area contributed by atoms with Gasteiger partial charge in [-0.15, -0.1) is 0 Å². The largest absolute Gasteiger partial charge is 0.383 e. The van der Waals surface area contributed by atoms with E-state index in [1.807, 2.05) is 13.8 Å². The van der Waals surface area contributed by atoms with Crippen molar-refractivity contribution in [1.29, 1.82) is 0 Å². The van der Waals surface area contributed by atoms with E-state index in [1.165, 1.54) is 0 Å². The van der Waals surface area contributed by atoms with Gasteiger partial charge in [0.1, 0.15) is 5.82 Å². The minimum atomic E-state index is -0.552. The zero-order valence-corrected chi connectivity index (χ0v) is 9.69. The molecule has 1 aromatic rings. The van der Waals surface area contributed by atoms with Gasteiger partial charge in [0.05, 0.1) is 5.56 Å². The maximum atomic E-state index is 12.0. The molecule has 0 atom stereocenters. The standard InChI is InChI=1S/C10H18N4O2/c1-3-5-7-8(11)14(12)10(16)13(6-4-2)9(7)15/h3-6,11-12H2,1-2H3. The van der Waals surface area contributed by atoms with Crippen LogP contribution in [0, 0.1) is 0 Å². The summed E-state index contributed by atoms with van der Waals surface area (Å²) in [7, 11) is 0.